The average Bonchev–Trinajstić information content (AvgIpc) is 2.27. The second kappa shape index (κ2) is 5.50. The van der Waals surface area contributed by atoms with Crippen molar-refractivity contribution in [1.82, 2.24) is 5.32 Å². The molecule has 0 aromatic carbocycles. The van der Waals surface area contributed by atoms with E-state index in [9.17, 15) is 14.7 Å². The standard InChI is InChI=1S/C11H16N2O3/c12-6-7-13-9(14)8-11(10(15)16)4-2-1-3-5-11/h1-5,7-8H2,(H,13,14)(H,15,16). The van der Waals surface area contributed by atoms with Crippen LogP contribution in [0.3, 0.4) is 0 Å². The maximum absolute atomic E-state index is 11.5. The Bertz CT molecular complexity index is 314. The van der Waals surface area contributed by atoms with Gasteiger partial charge in [0.2, 0.25) is 5.91 Å². The summed E-state index contributed by atoms with van der Waals surface area (Å²) in [6, 6.07) is 1.80. The van der Waals surface area contributed by atoms with Gasteiger partial charge >= 0.3 is 5.97 Å². The molecule has 0 radical (unpaired) electrons. The van der Waals surface area contributed by atoms with E-state index in [-0.39, 0.29) is 18.9 Å². The summed E-state index contributed by atoms with van der Waals surface area (Å²) < 4.78 is 0. The van der Waals surface area contributed by atoms with Gasteiger partial charge in [0.05, 0.1) is 11.5 Å². The number of nitrogens with zero attached hydrogens (tertiary/aromatic N) is 1. The molecule has 5 heteroatoms. The molecule has 1 saturated carbocycles. The lowest BCUT2D eigenvalue weighted by atomic mass is 9.71. The van der Waals surface area contributed by atoms with Crippen LogP contribution in [0.1, 0.15) is 38.5 Å². The van der Waals surface area contributed by atoms with Crippen LogP contribution in [0, 0.1) is 16.7 Å². The Kier molecular flexibility index (Phi) is 4.29. The zero-order chi connectivity index (χ0) is 12.0. The molecule has 0 aromatic rings. The van der Waals surface area contributed by atoms with E-state index in [1.54, 1.807) is 6.07 Å². The van der Waals surface area contributed by atoms with Gasteiger partial charge in [-0.1, -0.05) is 19.3 Å². The first kappa shape index (κ1) is 12.5. The van der Waals surface area contributed by atoms with Crippen LogP contribution in [0.25, 0.3) is 0 Å². The van der Waals surface area contributed by atoms with Crippen molar-refractivity contribution in [2.45, 2.75) is 38.5 Å². The first-order chi connectivity index (χ1) is 7.60. The van der Waals surface area contributed by atoms with Crippen molar-refractivity contribution < 1.29 is 14.7 Å². The molecule has 0 aliphatic heterocycles. The first-order valence-electron chi connectivity index (χ1n) is 5.48. The second-order valence-electron chi connectivity index (χ2n) is 4.26. The number of aliphatic carboxylic acids is 1. The Morgan fingerprint density at radius 2 is 1.94 bits per heavy atom. The zero-order valence-corrected chi connectivity index (χ0v) is 9.16. The number of hydrogen-bond donors (Lipinski definition) is 2. The first-order valence-corrected chi connectivity index (χ1v) is 5.48. The highest BCUT2D eigenvalue weighted by Crippen LogP contribution is 2.39. The van der Waals surface area contributed by atoms with Crippen LogP contribution in [0.4, 0.5) is 0 Å². The molecule has 2 N–H and O–H groups in total. The highest BCUT2D eigenvalue weighted by atomic mass is 16.4. The quantitative estimate of drug-likeness (QED) is 0.698. The van der Waals surface area contributed by atoms with Crippen LogP contribution in [0.2, 0.25) is 0 Å². The monoisotopic (exact) mass is 224 g/mol. The van der Waals surface area contributed by atoms with Gasteiger partial charge in [0.1, 0.15) is 6.54 Å². The molecule has 88 valence electrons. The minimum atomic E-state index is -0.905. The van der Waals surface area contributed by atoms with Gasteiger partial charge in [-0.2, -0.15) is 5.26 Å². The molecule has 1 fully saturated rings. The number of rotatable bonds is 4. The van der Waals surface area contributed by atoms with Gasteiger partial charge in [0.25, 0.3) is 0 Å². The van der Waals surface area contributed by atoms with Gasteiger partial charge in [0.15, 0.2) is 0 Å². The van der Waals surface area contributed by atoms with Gasteiger partial charge < -0.3 is 10.4 Å². The van der Waals surface area contributed by atoms with Crippen LogP contribution in [-0.4, -0.2) is 23.5 Å². The van der Waals surface area contributed by atoms with Crippen LogP contribution in [-0.2, 0) is 9.59 Å². The molecule has 5 nitrogen and oxygen atoms in total. The Labute approximate surface area is 94.4 Å². The molecule has 16 heavy (non-hydrogen) atoms. The summed E-state index contributed by atoms with van der Waals surface area (Å²) in [6.45, 7) is -0.0610. The van der Waals surface area contributed by atoms with E-state index in [0.717, 1.165) is 19.3 Å². The van der Waals surface area contributed by atoms with Gasteiger partial charge in [-0.3, -0.25) is 9.59 Å². The normalized spacial score (nSPS) is 18.4. The number of nitriles is 1. The summed E-state index contributed by atoms with van der Waals surface area (Å²) in [7, 11) is 0. The van der Waals surface area contributed by atoms with Crippen molar-refractivity contribution in [1.29, 1.82) is 5.26 Å². The molecule has 0 spiro atoms. The molecule has 0 aromatic heterocycles. The summed E-state index contributed by atoms with van der Waals surface area (Å²) in [5.41, 5.74) is -0.905. The number of carboxylic acids is 1. The van der Waals surface area contributed by atoms with E-state index >= 15 is 0 Å². The number of carboxylic acid groups (broad SMARTS) is 1. The van der Waals surface area contributed by atoms with E-state index in [4.69, 9.17) is 5.26 Å². The highest BCUT2D eigenvalue weighted by Gasteiger charge is 2.41. The van der Waals surface area contributed by atoms with Crippen LogP contribution >= 0.6 is 0 Å². The number of carbonyl (C=O) groups is 2. The lowest BCUT2D eigenvalue weighted by Crippen LogP contribution is -2.39. The van der Waals surface area contributed by atoms with E-state index in [2.05, 4.69) is 5.32 Å². The Morgan fingerprint density at radius 1 is 1.31 bits per heavy atom. The zero-order valence-electron chi connectivity index (χ0n) is 9.16. The third-order valence-electron chi connectivity index (χ3n) is 3.13. The summed E-state index contributed by atoms with van der Waals surface area (Å²) in [4.78, 5) is 22.7. The summed E-state index contributed by atoms with van der Waals surface area (Å²) >= 11 is 0. The Balaban J connectivity index is 2.61. The lowest BCUT2D eigenvalue weighted by molar-refractivity contribution is -0.154. The molecule has 0 heterocycles. The van der Waals surface area contributed by atoms with Crippen molar-refractivity contribution in [2.75, 3.05) is 6.54 Å². The predicted octanol–water partition coefficient (Wildman–Crippen LogP) is 1.05. The third kappa shape index (κ3) is 2.96. The van der Waals surface area contributed by atoms with Gasteiger partial charge in [-0.15, -0.1) is 0 Å². The predicted molar refractivity (Wildman–Crippen MR) is 56.4 cm³/mol. The van der Waals surface area contributed by atoms with Crippen LogP contribution < -0.4 is 5.32 Å². The molecule has 1 rings (SSSR count). The molecule has 1 amide bonds. The van der Waals surface area contributed by atoms with Crippen LogP contribution in [0.15, 0.2) is 0 Å². The number of hydrogen-bond acceptors (Lipinski definition) is 3. The minimum Gasteiger partial charge on any atom is -0.481 e. The molecule has 0 bridgehead atoms. The van der Waals surface area contributed by atoms with E-state index in [0.29, 0.717) is 12.8 Å². The molecule has 0 atom stereocenters. The molecule has 1 aliphatic carbocycles. The van der Waals surface area contributed by atoms with Crippen LogP contribution in [0.5, 0.6) is 0 Å². The largest absolute Gasteiger partial charge is 0.481 e. The second-order valence-corrected chi connectivity index (χ2v) is 4.26. The van der Waals surface area contributed by atoms with Crippen molar-refractivity contribution in [2.24, 2.45) is 5.41 Å². The molecule has 1 aliphatic rings. The van der Waals surface area contributed by atoms with Gasteiger partial charge in [-0.25, -0.2) is 0 Å². The van der Waals surface area contributed by atoms with E-state index in [1.807, 2.05) is 0 Å². The molecule has 0 saturated heterocycles. The summed E-state index contributed by atoms with van der Waals surface area (Å²) in [5, 5.41) is 19.9. The maximum Gasteiger partial charge on any atom is 0.310 e. The molecular weight excluding hydrogens is 208 g/mol. The third-order valence-corrected chi connectivity index (χ3v) is 3.13. The fraction of sp³-hybridized carbons (Fsp3) is 0.727. The molecular formula is C11H16N2O3. The lowest BCUT2D eigenvalue weighted by Gasteiger charge is -2.32. The smallest absolute Gasteiger partial charge is 0.310 e. The Morgan fingerprint density at radius 3 is 2.44 bits per heavy atom. The van der Waals surface area contributed by atoms with Crippen molar-refractivity contribution in [3.8, 4) is 6.07 Å². The van der Waals surface area contributed by atoms with E-state index in [1.165, 1.54) is 0 Å². The fourth-order valence-corrected chi connectivity index (χ4v) is 2.20. The highest BCUT2D eigenvalue weighted by molar-refractivity contribution is 5.85. The van der Waals surface area contributed by atoms with Gasteiger partial charge in [-0.05, 0) is 12.8 Å². The van der Waals surface area contributed by atoms with Crippen molar-refractivity contribution in [3.63, 3.8) is 0 Å². The Hall–Kier alpha value is -1.57. The van der Waals surface area contributed by atoms with Gasteiger partial charge in [0, 0.05) is 6.42 Å². The van der Waals surface area contributed by atoms with E-state index < -0.39 is 11.4 Å². The number of nitrogens with one attached hydrogen (secondary N) is 1. The molecule has 0 unspecified atom stereocenters. The number of amides is 1. The minimum absolute atomic E-state index is 0.00991. The van der Waals surface area contributed by atoms with Crippen molar-refractivity contribution in [3.05, 3.63) is 0 Å². The topological polar surface area (TPSA) is 90.2 Å². The summed E-state index contributed by atoms with van der Waals surface area (Å²) in [5.74, 6) is -1.23. The fourth-order valence-electron chi connectivity index (χ4n) is 2.20. The van der Waals surface area contributed by atoms with Crippen molar-refractivity contribution >= 4 is 11.9 Å². The average molecular weight is 224 g/mol. The maximum atomic E-state index is 11.5. The summed E-state index contributed by atoms with van der Waals surface area (Å²) in [6.07, 6.45) is 3.86. The SMILES string of the molecule is N#CCNC(=O)CC1(C(=O)O)CCCCC1. The number of carbonyl (C=O) groups excluding carboxylic acids is 1.